The number of carbonyl (C=O) groups excluding carboxylic acids is 1. The largest absolute Gasteiger partial charge is 0.464 e. The molecule has 0 aliphatic carbocycles. The Hall–Kier alpha value is -2.93. The third-order valence-electron chi connectivity index (χ3n) is 3.60. The van der Waals surface area contributed by atoms with Crippen LogP contribution in [0.1, 0.15) is 21.8 Å². The minimum atomic E-state index is -0.429. The van der Waals surface area contributed by atoms with Crippen molar-refractivity contribution >= 4 is 5.97 Å². The zero-order chi connectivity index (χ0) is 16.9. The fraction of sp³-hybridized carbons (Fsp3) is 0.235. The number of benzene rings is 1. The maximum atomic E-state index is 11.7. The summed E-state index contributed by atoms with van der Waals surface area (Å²) in [5.41, 5.74) is 2.95. The molecule has 0 atom stereocenters. The van der Waals surface area contributed by atoms with Crippen LogP contribution < -0.4 is 0 Å². The normalized spacial score (nSPS) is 11.0. The van der Waals surface area contributed by atoms with E-state index in [2.05, 4.69) is 15.4 Å². The van der Waals surface area contributed by atoms with Crippen molar-refractivity contribution in [3.05, 3.63) is 59.6 Å². The van der Waals surface area contributed by atoms with Gasteiger partial charge < -0.3 is 9.26 Å². The van der Waals surface area contributed by atoms with E-state index in [0.29, 0.717) is 18.8 Å². The van der Waals surface area contributed by atoms with Crippen molar-refractivity contribution in [3.63, 3.8) is 0 Å². The molecule has 0 radical (unpaired) electrons. The van der Waals surface area contributed by atoms with Crippen LogP contribution in [-0.2, 0) is 17.8 Å². The van der Waals surface area contributed by atoms with E-state index in [1.807, 2.05) is 48.3 Å². The Morgan fingerprint density at radius 1 is 1.29 bits per heavy atom. The smallest absolute Gasteiger partial charge is 0.356 e. The Labute approximate surface area is 139 Å². The number of aromatic amines is 1. The Bertz CT molecular complexity index is 810. The van der Waals surface area contributed by atoms with Crippen molar-refractivity contribution in [3.8, 4) is 11.3 Å². The monoisotopic (exact) mass is 326 g/mol. The minimum absolute atomic E-state index is 0.367. The number of esters is 1. The molecule has 7 heteroatoms. The first-order valence-corrected chi connectivity index (χ1v) is 7.47. The number of aromatic nitrogens is 3. The summed E-state index contributed by atoms with van der Waals surface area (Å²) in [4.78, 5) is 13.7. The van der Waals surface area contributed by atoms with Gasteiger partial charge in [0.2, 0.25) is 0 Å². The second-order valence-electron chi connectivity index (χ2n) is 5.48. The number of hydrogen-bond donors (Lipinski definition) is 1. The Kier molecular flexibility index (Phi) is 4.72. The first-order valence-electron chi connectivity index (χ1n) is 7.47. The highest BCUT2D eigenvalue weighted by Crippen LogP contribution is 2.19. The molecule has 0 spiro atoms. The van der Waals surface area contributed by atoms with Crippen LogP contribution in [0.4, 0.5) is 0 Å². The van der Waals surface area contributed by atoms with Gasteiger partial charge in [-0.25, -0.2) is 4.79 Å². The van der Waals surface area contributed by atoms with E-state index < -0.39 is 5.97 Å². The molecule has 3 aromatic rings. The summed E-state index contributed by atoms with van der Waals surface area (Å²) < 4.78 is 10.1. The van der Waals surface area contributed by atoms with Crippen LogP contribution in [0.25, 0.3) is 11.3 Å². The molecule has 1 N–H and O–H groups in total. The number of ether oxygens (including phenoxy) is 1. The molecule has 3 rings (SSSR count). The molecule has 1 aromatic carbocycles. The van der Waals surface area contributed by atoms with Gasteiger partial charge in [0.25, 0.3) is 0 Å². The molecule has 0 bridgehead atoms. The van der Waals surface area contributed by atoms with E-state index in [-0.39, 0.29) is 0 Å². The van der Waals surface area contributed by atoms with Gasteiger partial charge in [0, 0.05) is 23.7 Å². The molecule has 0 fully saturated rings. The van der Waals surface area contributed by atoms with Gasteiger partial charge in [-0.05, 0) is 7.05 Å². The standard InChI is InChI=1S/C17H18N4O3/c1-21(10-13-9-18-19-16(13)17(22)23-2)11-14-8-15(20-24-14)12-6-4-3-5-7-12/h3-9H,10-11H2,1-2H3,(H,18,19). The van der Waals surface area contributed by atoms with E-state index in [0.717, 1.165) is 22.6 Å². The second-order valence-corrected chi connectivity index (χ2v) is 5.48. The molecule has 0 aliphatic heterocycles. The Morgan fingerprint density at radius 3 is 2.83 bits per heavy atom. The average molecular weight is 326 g/mol. The Balaban J connectivity index is 1.66. The topological polar surface area (TPSA) is 84.3 Å². The molecule has 2 heterocycles. The summed E-state index contributed by atoms with van der Waals surface area (Å²) in [5, 5.41) is 10.7. The van der Waals surface area contributed by atoms with Crippen LogP contribution in [0.15, 0.2) is 47.1 Å². The maximum Gasteiger partial charge on any atom is 0.356 e. The highest BCUT2D eigenvalue weighted by atomic mass is 16.5. The summed E-state index contributed by atoms with van der Waals surface area (Å²) in [6, 6.07) is 11.8. The molecular formula is C17H18N4O3. The third-order valence-corrected chi connectivity index (χ3v) is 3.60. The fourth-order valence-corrected chi connectivity index (χ4v) is 2.45. The van der Waals surface area contributed by atoms with Gasteiger partial charge in [0.1, 0.15) is 11.4 Å². The van der Waals surface area contributed by atoms with Crippen LogP contribution in [0.5, 0.6) is 0 Å². The van der Waals surface area contributed by atoms with Gasteiger partial charge in [-0.1, -0.05) is 35.5 Å². The summed E-state index contributed by atoms with van der Waals surface area (Å²) in [6.45, 7) is 1.09. The molecular weight excluding hydrogens is 308 g/mol. The minimum Gasteiger partial charge on any atom is -0.464 e. The summed E-state index contributed by atoms with van der Waals surface area (Å²) in [5.74, 6) is 0.321. The molecule has 0 aliphatic rings. The molecule has 24 heavy (non-hydrogen) atoms. The fourth-order valence-electron chi connectivity index (χ4n) is 2.45. The molecule has 0 amide bonds. The lowest BCUT2D eigenvalue weighted by atomic mass is 10.1. The molecule has 0 unspecified atom stereocenters. The lowest BCUT2D eigenvalue weighted by Crippen LogP contribution is -2.18. The molecule has 0 saturated carbocycles. The molecule has 124 valence electrons. The highest BCUT2D eigenvalue weighted by Gasteiger charge is 2.16. The first kappa shape index (κ1) is 15.9. The quantitative estimate of drug-likeness (QED) is 0.701. The van der Waals surface area contributed by atoms with Crippen molar-refractivity contribution in [2.24, 2.45) is 0 Å². The van der Waals surface area contributed by atoms with Crippen LogP contribution in [0, 0.1) is 0 Å². The van der Waals surface area contributed by atoms with Gasteiger partial charge in [0.05, 0.1) is 19.9 Å². The predicted molar refractivity (Wildman–Crippen MR) is 87.0 cm³/mol. The van der Waals surface area contributed by atoms with Crippen LogP contribution >= 0.6 is 0 Å². The lowest BCUT2D eigenvalue weighted by Gasteiger charge is -2.14. The summed E-state index contributed by atoms with van der Waals surface area (Å²) in [7, 11) is 3.27. The first-order chi connectivity index (χ1) is 11.7. The van der Waals surface area contributed by atoms with Crippen molar-refractivity contribution in [2.45, 2.75) is 13.1 Å². The van der Waals surface area contributed by atoms with Crippen LogP contribution in [0.2, 0.25) is 0 Å². The van der Waals surface area contributed by atoms with Crippen LogP contribution in [0.3, 0.4) is 0 Å². The average Bonchev–Trinajstić information content (AvgIpc) is 3.24. The van der Waals surface area contributed by atoms with E-state index >= 15 is 0 Å². The van der Waals surface area contributed by atoms with E-state index in [1.54, 1.807) is 6.20 Å². The number of rotatable bonds is 6. The zero-order valence-corrected chi connectivity index (χ0v) is 13.5. The Morgan fingerprint density at radius 2 is 2.08 bits per heavy atom. The van der Waals surface area contributed by atoms with Crippen molar-refractivity contribution in [1.82, 2.24) is 20.3 Å². The van der Waals surface area contributed by atoms with Gasteiger partial charge in [-0.2, -0.15) is 5.10 Å². The summed E-state index contributed by atoms with van der Waals surface area (Å²) >= 11 is 0. The predicted octanol–water partition coefficient (Wildman–Crippen LogP) is 2.48. The number of nitrogens with zero attached hydrogens (tertiary/aromatic N) is 3. The third kappa shape index (κ3) is 3.52. The maximum absolute atomic E-state index is 11.7. The number of H-pyrrole nitrogens is 1. The molecule has 7 nitrogen and oxygen atoms in total. The zero-order valence-electron chi connectivity index (χ0n) is 13.5. The van der Waals surface area contributed by atoms with E-state index in [4.69, 9.17) is 9.26 Å². The van der Waals surface area contributed by atoms with Crippen molar-refractivity contribution in [1.29, 1.82) is 0 Å². The van der Waals surface area contributed by atoms with Gasteiger partial charge in [0.15, 0.2) is 5.76 Å². The summed E-state index contributed by atoms with van der Waals surface area (Å²) in [6.07, 6.45) is 1.62. The van der Waals surface area contributed by atoms with Gasteiger partial charge in [-0.3, -0.25) is 10.00 Å². The highest BCUT2D eigenvalue weighted by molar-refractivity contribution is 5.88. The van der Waals surface area contributed by atoms with Gasteiger partial charge in [-0.15, -0.1) is 0 Å². The SMILES string of the molecule is COC(=O)c1[nH]ncc1CN(C)Cc1cc(-c2ccccc2)no1. The van der Waals surface area contributed by atoms with Crippen molar-refractivity contribution < 1.29 is 14.1 Å². The second kappa shape index (κ2) is 7.10. The van der Waals surface area contributed by atoms with Crippen LogP contribution in [-0.4, -0.2) is 40.4 Å². The van der Waals surface area contributed by atoms with E-state index in [1.165, 1.54) is 7.11 Å². The van der Waals surface area contributed by atoms with E-state index in [9.17, 15) is 4.79 Å². The molecule has 2 aromatic heterocycles. The lowest BCUT2D eigenvalue weighted by molar-refractivity contribution is 0.0591. The number of hydrogen-bond acceptors (Lipinski definition) is 6. The number of methoxy groups -OCH3 is 1. The molecule has 0 saturated heterocycles. The number of nitrogens with one attached hydrogen (secondary N) is 1. The number of carbonyl (C=O) groups is 1. The van der Waals surface area contributed by atoms with Gasteiger partial charge >= 0.3 is 5.97 Å². The van der Waals surface area contributed by atoms with Crippen molar-refractivity contribution in [2.75, 3.05) is 14.2 Å².